The van der Waals surface area contributed by atoms with E-state index in [1.165, 1.54) is 0 Å². The molecule has 60 heavy (non-hydrogen) atoms. The van der Waals surface area contributed by atoms with Crippen molar-refractivity contribution in [3.8, 4) is 0 Å². The monoisotopic (exact) mass is 879 g/mol. The smallest absolute Gasteiger partial charge is 0.272 e. The third-order valence-corrected chi connectivity index (χ3v) is 10.9. The zero-order chi connectivity index (χ0) is 42.3. The molecular weight excluding hydrogens is 845 g/mol. The van der Waals surface area contributed by atoms with Crippen molar-refractivity contribution in [1.82, 2.24) is 45.6 Å². The molecule has 0 saturated carbocycles. The lowest BCUT2D eigenvalue weighted by Crippen LogP contribution is -2.38. The van der Waals surface area contributed by atoms with E-state index in [1.807, 2.05) is 51.1 Å². The SMILES string of the molecule is O=[N+]([O-])/N=C1\NCCN1C(Cc1ccc(Cl)nc1)c1cc(C(Cc2ccc(Cl)nc2)N2CCN/C2=N\[N+](=O)[O-])cc(C(Cc2ccc(Cl)nc2)N2CCN/C2=N\[N+](=O)[O-])c1. The molecule has 7 rings (SSSR count). The summed E-state index contributed by atoms with van der Waals surface area (Å²) in [5.74, 6) is 0.166. The fourth-order valence-electron chi connectivity index (χ4n) is 7.66. The molecule has 312 valence electrons. The highest BCUT2D eigenvalue weighted by Crippen LogP contribution is 2.37. The van der Waals surface area contributed by atoms with Gasteiger partial charge in [-0.25, -0.2) is 45.3 Å². The molecule has 3 aromatic heterocycles. The van der Waals surface area contributed by atoms with E-state index in [0.717, 1.165) is 16.7 Å². The summed E-state index contributed by atoms with van der Waals surface area (Å²) in [5, 5.41) is 54.2. The second kappa shape index (κ2) is 18.6. The Balaban J connectivity index is 1.47. The van der Waals surface area contributed by atoms with Gasteiger partial charge in [-0.1, -0.05) is 71.2 Å². The van der Waals surface area contributed by atoms with Gasteiger partial charge in [0, 0.05) is 57.9 Å². The number of nitro groups is 3. The molecule has 1 aromatic carbocycles. The van der Waals surface area contributed by atoms with Gasteiger partial charge < -0.3 is 30.7 Å². The fraction of sp³-hybridized carbons (Fsp3) is 0.333. The molecule has 21 nitrogen and oxygen atoms in total. The maximum Gasteiger partial charge on any atom is 0.272 e. The van der Waals surface area contributed by atoms with Gasteiger partial charge in [-0.3, -0.25) is 0 Å². The summed E-state index contributed by atoms with van der Waals surface area (Å²) < 4.78 is 0. The molecule has 3 aliphatic rings. The van der Waals surface area contributed by atoms with Crippen molar-refractivity contribution >= 4 is 52.7 Å². The number of nitrogens with one attached hydrogen (secondary N) is 3. The van der Waals surface area contributed by atoms with E-state index in [1.54, 1.807) is 36.8 Å². The maximum absolute atomic E-state index is 11.8. The van der Waals surface area contributed by atoms with Crippen LogP contribution in [0.15, 0.2) is 88.5 Å². The van der Waals surface area contributed by atoms with E-state index in [-0.39, 0.29) is 33.3 Å². The van der Waals surface area contributed by atoms with Crippen molar-refractivity contribution in [2.75, 3.05) is 39.3 Å². The summed E-state index contributed by atoms with van der Waals surface area (Å²) >= 11 is 18.5. The van der Waals surface area contributed by atoms with Crippen molar-refractivity contribution < 1.29 is 15.1 Å². The highest BCUT2D eigenvalue weighted by Gasteiger charge is 2.37. The zero-order valence-electron chi connectivity index (χ0n) is 31.5. The predicted octanol–water partition coefficient (Wildman–Crippen LogP) is 4.04. The Hall–Kier alpha value is -6.45. The van der Waals surface area contributed by atoms with Crippen molar-refractivity contribution in [3.05, 3.63) is 152 Å². The summed E-state index contributed by atoms with van der Waals surface area (Å²) in [6.45, 7) is 2.16. The molecule has 6 heterocycles. The largest absolute Gasteiger partial charge is 0.349 e. The van der Waals surface area contributed by atoms with E-state index in [0.29, 0.717) is 75.2 Å². The molecule has 3 N–H and O–H groups in total. The van der Waals surface area contributed by atoms with Crippen LogP contribution >= 0.6 is 34.8 Å². The van der Waals surface area contributed by atoms with Crippen molar-refractivity contribution in [1.29, 1.82) is 0 Å². The van der Waals surface area contributed by atoms with E-state index >= 15 is 0 Å². The van der Waals surface area contributed by atoms with Gasteiger partial charge in [0.2, 0.25) is 0 Å². The molecule has 3 aliphatic heterocycles. The van der Waals surface area contributed by atoms with Gasteiger partial charge in [0.05, 0.1) is 18.1 Å². The Morgan fingerprint density at radius 2 is 0.817 bits per heavy atom. The van der Waals surface area contributed by atoms with Crippen molar-refractivity contribution in [2.24, 2.45) is 15.3 Å². The Morgan fingerprint density at radius 3 is 1.05 bits per heavy atom. The molecule has 24 heteroatoms. The lowest BCUT2D eigenvalue weighted by molar-refractivity contribution is -0.485. The van der Waals surface area contributed by atoms with Crippen LogP contribution in [0, 0.1) is 30.3 Å². The molecule has 3 fully saturated rings. The van der Waals surface area contributed by atoms with Crippen LogP contribution in [-0.4, -0.2) is 102 Å². The number of guanidine groups is 3. The second-order valence-electron chi connectivity index (χ2n) is 13.9. The van der Waals surface area contributed by atoms with E-state index in [9.17, 15) is 30.3 Å². The first kappa shape index (κ1) is 41.7. The van der Waals surface area contributed by atoms with Crippen LogP contribution in [0.5, 0.6) is 0 Å². The van der Waals surface area contributed by atoms with Crippen LogP contribution in [0.4, 0.5) is 0 Å². The Kier molecular flexibility index (Phi) is 13.0. The minimum Gasteiger partial charge on any atom is -0.349 e. The normalized spacial score (nSPS) is 18.6. The molecule has 0 amide bonds. The second-order valence-corrected chi connectivity index (χ2v) is 15.1. The molecule has 0 radical (unpaired) electrons. The van der Waals surface area contributed by atoms with Crippen LogP contribution in [-0.2, 0) is 19.3 Å². The van der Waals surface area contributed by atoms with Gasteiger partial charge in [-0.15, -0.1) is 0 Å². The first-order chi connectivity index (χ1) is 28.9. The molecule has 4 aromatic rings. The van der Waals surface area contributed by atoms with Gasteiger partial charge >= 0.3 is 0 Å². The highest BCUT2D eigenvalue weighted by molar-refractivity contribution is 6.29. The predicted molar refractivity (Wildman–Crippen MR) is 221 cm³/mol. The quantitative estimate of drug-likeness (QED) is 0.0866. The van der Waals surface area contributed by atoms with Crippen LogP contribution in [0.3, 0.4) is 0 Å². The third kappa shape index (κ3) is 10.2. The first-order valence-corrected chi connectivity index (χ1v) is 19.7. The number of hydrazone groups is 3. The molecule has 0 bridgehead atoms. The number of pyridine rings is 3. The van der Waals surface area contributed by atoms with E-state index in [4.69, 9.17) is 34.8 Å². The number of halogens is 3. The molecule has 0 spiro atoms. The van der Waals surface area contributed by atoms with Gasteiger partial charge in [-0.05, 0) is 70.8 Å². The number of rotatable bonds is 15. The van der Waals surface area contributed by atoms with Crippen LogP contribution in [0.2, 0.25) is 15.5 Å². The number of hydrogen-bond donors (Lipinski definition) is 3. The van der Waals surface area contributed by atoms with Crippen molar-refractivity contribution in [3.63, 3.8) is 0 Å². The Bertz CT molecular complexity index is 2050. The van der Waals surface area contributed by atoms with Crippen molar-refractivity contribution in [2.45, 2.75) is 37.4 Å². The van der Waals surface area contributed by atoms with Gasteiger partial charge in [-0.2, -0.15) is 0 Å². The molecule has 3 unspecified atom stereocenters. The summed E-state index contributed by atoms with van der Waals surface area (Å²) in [6.07, 6.45) is 5.78. The van der Waals surface area contributed by atoms with E-state index in [2.05, 4.69) is 46.2 Å². The standard InChI is InChI=1S/C36H36Cl3N15O6/c37-31-4-1-22(19-43-31)13-28(49-10-7-40-34(49)46-52(55)56)25-16-26(29(14-23-2-5-32(38)44-20-23)50-11-8-41-35(50)47-53(57)58)18-27(17-25)30(15-24-3-6-33(39)45-21-24)51-12-9-42-36(51)48-54(59)60/h1-6,16-21,28-30H,7-15H2,(H,40,46)(H,41,47)(H,42,48). The molecular formula is C36H36Cl3N15O6. The minimum atomic E-state index is -0.761. The number of aromatic nitrogens is 3. The van der Waals surface area contributed by atoms with Gasteiger partial charge in [0.15, 0.2) is 15.1 Å². The fourth-order valence-corrected chi connectivity index (χ4v) is 8.00. The first-order valence-electron chi connectivity index (χ1n) is 18.6. The number of benzene rings is 1. The maximum atomic E-state index is 11.8. The lowest BCUT2D eigenvalue weighted by Gasteiger charge is -2.34. The average Bonchev–Trinajstić information content (AvgIpc) is 3.98. The van der Waals surface area contributed by atoms with E-state index < -0.39 is 33.2 Å². The summed E-state index contributed by atoms with van der Waals surface area (Å²) in [4.78, 5) is 53.7. The minimum absolute atomic E-state index is 0.0553. The Morgan fingerprint density at radius 1 is 0.533 bits per heavy atom. The third-order valence-electron chi connectivity index (χ3n) is 10.2. The van der Waals surface area contributed by atoms with Crippen LogP contribution < -0.4 is 16.0 Å². The van der Waals surface area contributed by atoms with Gasteiger partial charge in [0.1, 0.15) is 30.8 Å². The summed E-state index contributed by atoms with van der Waals surface area (Å²) in [6, 6.07) is 14.5. The van der Waals surface area contributed by atoms with Crippen LogP contribution in [0.25, 0.3) is 0 Å². The highest BCUT2D eigenvalue weighted by atomic mass is 35.5. The van der Waals surface area contributed by atoms with Crippen LogP contribution in [0.1, 0.15) is 51.5 Å². The summed E-state index contributed by atoms with van der Waals surface area (Å²) in [7, 11) is 0. The molecule has 0 aliphatic carbocycles. The van der Waals surface area contributed by atoms with Gasteiger partial charge in [0.25, 0.3) is 17.9 Å². The lowest BCUT2D eigenvalue weighted by atomic mass is 9.87. The molecule has 3 saturated heterocycles. The zero-order valence-corrected chi connectivity index (χ0v) is 33.7. The number of nitrogens with zero attached hydrogens (tertiary/aromatic N) is 12. The Labute approximate surface area is 356 Å². The summed E-state index contributed by atoms with van der Waals surface area (Å²) in [5.41, 5.74) is 4.38. The molecule has 3 atom stereocenters. The average molecular weight is 881 g/mol. The number of hydrogen-bond acceptors (Lipinski definition) is 9. The topological polar surface area (TPSA) is 251 Å².